The van der Waals surface area contributed by atoms with E-state index in [0.717, 1.165) is 37.6 Å². The Hall–Kier alpha value is -0.630. The van der Waals surface area contributed by atoms with E-state index in [1.807, 2.05) is 11.8 Å². The molecule has 2 fully saturated rings. The molecule has 3 rings (SSSR count). The van der Waals surface area contributed by atoms with Crippen molar-refractivity contribution in [3.8, 4) is 0 Å². The van der Waals surface area contributed by atoms with Crippen LogP contribution in [0.4, 0.5) is 0 Å². The van der Waals surface area contributed by atoms with Crippen LogP contribution in [0.25, 0.3) is 0 Å². The summed E-state index contributed by atoms with van der Waals surface area (Å²) in [5.41, 5.74) is 0. The molecule has 2 aliphatic heterocycles. The first-order valence-corrected chi connectivity index (χ1v) is 10.5. The minimum Gasteiger partial charge on any atom is -0.302 e. The van der Waals surface area contributed by atoms with E-state index < -0.39 is 10.0 Å². The van der Waals surface area contributed by atoms with Crippen LogP contribution in [0.2, 0.25) is 0 Å². The Morgan fingerprint density at radius 1 is 1.23 bits per heavy atom. The van der Waals surface area contributed by atoms with E-state index in [-0.39, 0.29) is 6.04 Å². The first-order valence-electron chi connectivity index (χ1n) is 7.90. The molecular formula is C15H23N3O2S2. The number of thioether (sulfide) groups is 1. The lowest BCUT2D eigenvalue weighted by Crippen LogP contribution is -2.47. The number of nitrogens with zero attached hydrogens (tertiary/aromatic N) is 3. The second-order valence-corrected chi connectivity index (χ2v) is 8.93. The van der Waals surface area contributed by atoms with Gasteiger partial charge in [0.05, 0.1) is 0 Å². The van der Waals surface area contributed by atoms with Gasteiger partial charge in [-0.15, -0.1) is 0 Å². The Balaban J connectivity index is 1.83. The zero-order valence-electron chi connectivity index (χ0n) is 12.7. The van der Waals surface area contributed by atoms with Crippen molar-refractivity contribution in [1.29, 1.82) is 0 Å². The van der Waals surface area contributed by atoms with Gasteiger partial charge in [0.2, 0.25) is 10.0 Å². The number of rotatable bonds is 4. The van der Waals surface area contributed by atoms with Gasteiger partial charge in [0.15, 0.2) is 0 Å². The fraction of sp³-hybridized carbons (Fsp3) is 0.667. The molecule has 2 saturated heterocycles. The smallest absolute Gasteiger partial charge is 0.244 e. The lowest BCUT2D eigenvalue weighted by Gasteiger charge is -2.31. The van der Waals surface area contributed by atoms with Crippen LogP contribution in [-0.2, 0) is 10.0 Å². The first-order chi connectivity index (χ1) is 10.7. The van der Waals surface area contributed by atoms with Gasteiger partial charge in [-0.05, 0) is 50.2 Å². The molecule has 0 spiro atoms. The molecule has 0 radical (unpaired) electrons. The van der Waals surface area contributed by atoms with Crippen molar-refractivity contribution in [3.63, 3.8) is 0 Å². The van der Waals surface area contributed by atoms with Crippen LogP contribution in [0.1, 0.15) is 19.3 Å². The highest BCUT2D eigenvalue weighted by Crippen LogP contribution is 2.25. The molecular weight excluding hydrogens is 318 g/mol. The van der Waals surface area contributed by atoms with E-state index in [2.05, 4.69) is 9.88 Å². The van der Waals surface area contributed by atoms with Gasteiger partial charge >= 0.3 is 0 Å². The van der Waals surface area contributed by atoms with Gasteiger partial charge in [0, 0.05) is 37.3 Å². The summed E-state index contributed by atoms with van der Waals surface area (Å²) in [5.74, 6) is 1.92. The summed E-state index contributed by atoms with van der Waals surface area (Å²) >= 11 is 1.87. The summed E-state index contributed by atoms with van der Waals surface area (Å²) in [6.45, 7) is 3.67. The summed E-state index contributed by atoms with van der Waals surface area (Å²) in [5, 5.41) is 0. The third kappa shape index (κ3) is 3.64. The van der Waals surface area contributed by atoms with Crippen LogP contribution in [0.15, 0.2) is 29.4 Å². The highest BCUT2D eigenvalue weighted by Gasteiger charge is 2.34. The lowest BCUT2D eigenvalue weighted by atomic mass is 10.3. The van der Waals surface area contributed by atoms with Crippen LogP contribution < -0.4 is 0 Å². The molecule has 0 bridgehead atoms. The number of likely N-dealkylation sites (tertiary alicyclic amines) is 1. The molecule has 122 valence electrons. The fourth-order valence-electron chi connectivity index (χ4n) is 3.17. The third-order valence-electron chi connectivity index (χ3n) is 4.29. The van der Waals surface area contributed by atoms with Crippen molar-refractivity contribution < 1.29 is 8.42 Å². The Labute approximate surface area is 137 Å². The number of hydrogen-bond acceptors (Lipinski definition) is 5. The molecule has 0 aromatic carbocycles. The predicted octanol–water partition coefficient (Wildman–Crippen LogP) is 1.67. The zero-order chi connectivity index (χ0) is 15.4. The van der Waals surface area contributed by atoms with Gasteiger partial charge in [-0.3, -0.25) is 4.98 Å². The van der Waals surface area contributed by atoms with E-state index in [4.69, 9.17) is 0 Å². The monoisotopic (exact) mass is 341 g/mol. The summed E-state index contributed by atoms with van der Waals surface area (Å²) in [4.78, 5) is 6.69. The van der Waals surface area contributed by atoms with E-state index in [0.29, 0.717) is 11.4 Å². The quantitative estimate of drug-likeness (QED) is 0.834. The Kier molecular flexibility index (Phi) is 5.38. The maximum Gasteiger partial charge on any atom is 0.244 e. The van der Waals surface area contributed by atoms with Gasteiger partial charge in [0.25, 0.3) is 0 Å². The maximum absolute atomic E-state index is 13.0. The molecule has 5 nitrogen and oxygen atoms in total. The first kappa shape index (κ1) is 16.2. The minimum absolute atomic E-state index is 0.0656. The fourth-order valence-corrected chi connectivity index (χ4v) is 5.94. The Morgan fingerprint density at radius 3 is 2.77 bits per heavy atom. The molecule has 2 aliphatic rings. The average Bonchev–Trinajstić information content (AvgIpc) is 2.92. The summed E-state index contributed by atoms with van der Waals surface area (Å²) in [6.07, 6.45) is 6.45. The van der Waals surface area contributed by atoms with Gasteiger partial charge in [-0.1, -0.05) is 0 Å². The molecule has 1 aromatic heterocycles. The standard InChI is InChI=1S/C15H23N3O2S2/c19-22(20,15-5-3-6-16-11-15)18-9-4-10-21-13-14(18)12-17-7-1-2-8-17/h3,5-6,11,14H,1-2,4,7-10,12-13H2/t14-/m0/s1. The van der Waals surface area contributed by atoms with Crippen molar-refractivity contribution in [2.75, 3.05) is 37.7 Å². The number of pyridine rings is 1. The maximum atomic E-state index is 13.0. The number of aromatic nitrogens is 1. The highest BCUT2D eigenvalue weighted by atomic mass is 32.2. The molecule has 22 heavy (non-hydrogen) atoms. The molecule has 0 amide bonds. The van der Waals surface area contributed by atoms with Crippen molar-refractivity contribution >= 4 is 21.8 Å². The summed E-state index contributed by atoms with van der Waals surface area (Å²) < 4.78 is 27.7. The van der Waals surface area contributed by atoms with Gasteiger partial charge in [0.1, 0.15) is 4.90 Å². The van der Waals surface area contributed by atoms with Crippen molar-refractivity contribution in [3.05, 3.63) is 24.5 Å². The highest BCUT2D eigenvalue weighted by molar-refractivity contribution is 7.99. The van der Waals surface area contributed by atoms with Crippen LogP contribution in [0.5, 0.6) is 0 Å². The van der Waals surface area contributed by atoms with Crippen LogP contribution >= 0.6 is 11.8 Å². The third-order valence-corrected chi connectivity index (χ3v) is 7.43. The average molecular weight is 342 g/mol. The number of sulfonamides is 1. The van der Waals surface area contributed by atoms with Gasteiger partial charge in [-0.25, -0.2) is 8.42 Å². The summed E-state index contributed by atoms with van der Waals surface area (Å²) in [6, 6.07) is 3.40. The zero-order valence-corrected chi connectivity index (χ0v) is 14.4. The molecule has 7 heteroatoms. The minimum atomic E-state index is -3.45. The Morgan fingerprint density at radius 2 is 2.05 bits per heavy atom. The molecule has 1 aromatic rings. The molecule has 0 N–H and O–H groups in total. The van der Waals surface area contributed by atoms with Gasteiger partial charge in [-0.2, -0.15) is 16.1 Å². The van der Waals surface area contributed by atoms with E-state index in [1.165, 1.54) is 19.0 Å². The van der Waals surface area contributed by atoms with Crippen LogP contribution in [0, 0.1) is 0 Å². The van der Waals surface area contributed by atoms with Gasteiger partial charge < -0.3 is 4.90 Å². The van der Waals surface area contributed by atoms with E-state index in [1.54, 1.807) is 22.6 Å². The van der Waals surface area contributed by atoms with Crippen LogP contribution in [-0.4, -0.2) is 66.3 Å². The molecule has 3 heterocycles. The topological polar surface area (TPSA) is 53.5 Å². The molecule has 1 atom stereocenters. The summed E-state index contributed by atoms with van der Waals surface area (Å²) in [7, 11) is -3.45. The van der Waals surface area contributed by atoms with Crippen LogP contribution in [0.3, 0.4) is 0 Å². The lowest BCUT2D eigenvalue weighted by molar-refractivity contribution is 0.243. The molecule has 0 aliphatic carbocycles. The van der Waals surface area contributed by atoms with Crippen molar-refractivity contribution in [2.45, 2.75) is 30.2 Å². The number of hydrogen-bond donors (Lipinski definition) is 0. The van der Waals surface area contributed by atoms with Crippen molar-refractivity contribution in [1.82, 2.24) is 14.2 Å². The second-order valence-electron chi connectivity index (χ2n) is 5.89. The van der Waals surface area contributed by atoms with E-state index >= 15 is 0 Å². The Bertz CT molecular complexity index is 574. The predicted molar refractivity (Wildman–Crippen MR) is 89.5 cm³/mol. The molecule has 0 unspecified atom stereocenters. The largest absolute Gasteiger partial charge is 0.302 e. The second kappa shape index (κ2) is 7.29. The van der Waals surface area contributed by atoms with Crippen molar-refractivity contribution in [2.24, 2.45) is 0 Å². The molecule has 0 saturated carbocycles. The van der Waals surface area contributed by atoms with E-state index in [9.17, 15) is 8.42 Å². The SMILES string of the molecule is O=S(=O)(c1cccnc1)N1CCCSC[C@@H]1CN1CCCC1. The normalized spacial score (nSPS) is 25.2.